The second-order valence-electron chi connectivity index (χ2n) is 10.8. The normalized spacial score (nSPS) is 18.8. The fourth-order valence-corrected chi connectivity index (χ4v) is 4.90. The first-order valence-electron chi connectivity index (χ1n) is 12.7. The third-order valence-electron chi connectivity index (χ3n) is 6.77. The lowest BCUT2D eigenvalue weighted by Gasteiger charge is -2.32. The topological polar surface area (TPSA) is 65.4 Å². The molecule has 1 N–H and O–H groups in total. The Bertz CT molecular complexity index is 1340. The van der Waals surface area contributed by atoms with Crippen LogP contribution in [0, 0.1) is 0 Å². The van der Waals surface area contributed by atoms with Crippen LogP contribution < -0.4 is 5.01 Å². The molecule has 2 heterocycles. The van der Waals surface area contributed by atoms with E-state index in [2.05, 4.69) is 5.10 Å². The molecule has 1 atom stereocenters. The molecule has 0 aliphatic carbocycles. The van der Waals surface area contributed by atoms with Gasteiger partial charge in [-0.25, -0.2) is 4.79 Å². The third kappa shape index (κ3) is 6.18. The molecule has 222 valence electrons. The Labute approximate surface area is 237 Å². The van der Waals surface area contributed by atoms with Gasteiger partial charge in [-0.3, -0.25) is 5.01 Å². The van der Waals surface area contributed by atoms with Gasteiger partial charge in [-0.1, -0.05) is 54.1 Å². The molecule has 2 aliphatic heterocycles. The molecule has 4 rings (SSSR count). The summed E-state index contributed by atoms with van der Waals surface area (Å²) >= 11 is 6.23. The van der Waals surface area contributed by atoms with Gasteiger partial charge in [0.2, 0.25) is 0 Å². The van der Waals surface area contributed by atoms with Crippen molar-refractivity contribution < 1.29 is 41.0 Å². The predicted molar refractivity (Wildman–Crippen MR) is 143 cm³/mol. The van der Waals surface area contributed by atoms with E-state index in [1.165, 1.54) is 18.2 Å². The summed E-state index contributed by atoms with van der Waals surface area (Å²) in [5, 5.41) is 14.7. The third-order valence-corrected chi connectivity index (χ3v) is 7.09. The summed E-state index contributed by atoms with van der Waals surface area (Å²) in [5.74, 6) is 0. The number of carbonyl (C=O) groups excluding carboxylic acids is 1. The smallest absolute Gasteiger partial charge is 0.431 e. The number of carbonyl (C=O) groups is 1. The fraction of sp³-hybridized carbons (Fsp3) is 0.429. The van der Waals surface area contributed by atoms with Crippen LogP contribution in [0.5, 0.6) is 0 Å². The van der Waals surface area contributed by atoms with Crippen molar-refractivity contribution in [3.05, 3.63) is 70.8 Å². The number of ether oxygens (including phenoxy) is 1. The summed E-state index contributed by atoms with van der Waals surface area (Å²) < 4.78 is 87.4. The number of amides is 1. The molecular weight excluding hydrogens is 576 g/mol. The SMILES string of the molecule is CC(C)(C)OC(=O)N1CC=C(c2ccc(C3CC(C(O)(C(F)(F)F)C(F)(F)F)=NN3c3ccccc3Cl)cc2)CC1. The maximum atomic E-state index is 13.7. The second-order valence-corrected chi connectivity index (χ2v) is 11.2. The fourth-order valence-electron chi connectivity index (χ4n) is 4.68. The standard InChI is InChI=1S/C28H28ClF6N3O3/c1-25(2,3)41-24(39)37-14-12-18(13-15-37)17-8-10-19(11-9-17)22-16-23(26(40,27(30,31)32)28(33,34)35)36-38(22)21-7-5-4-6-20(21)29/h4-12,22,40H,13-16H2,1-3H3. The van der Waals surface area contributed by atoms with Gasteiger partial charge in [0.05, 0.1) is 22.5 Å². The maximum absolute atomic E-state index is 13.7. The van der Waals surface area contributed by atoms with Crippen molar-refractivity contribution in [1.82, 2.24) is 4.90 Å². The van der Waals surface area contributed by atoms with E-state index in [0.29, 0.717) is 25.1 Å². The number of hydrazone groups is 1. The highest BCUT2D eigenvalue weighted by molar-refractivity contribution is 6.33. The first kappa shape index (κ1) is 30.7. The number of halogens is 7. The van der Waals surface area contributed by atoms with E-state index in [0.717, 1.165) is 16.1 Å². The number of rotatable bonds is 4. The van der Waals surface area contributed by atoms with E-state index in [-0.39, 0.29) is 10.7 Å². The molecule has 2 aromatic rings. The van der Waals surface area contributed by atoms with Gasteiger partial charge in [0.1, 0.15) is 5.60 Å². The molecule has 0 fully saturated rings. The average molecular weight is 604 g/mol. The van der Waals surface area contributed by atoms with Crippen molar-refractivity contribution in [1.29, 1.82) is 0 Å². The minimum absolute atomic E-state index is 0.0589. The van der Waals surface area contributed by atoms with E-state index in [4.69, 9.17) is 16.3 Å². The van der Waals surface area contributed by atoms with Crippen LogP contribution in [0.2, 0.25) is 5.02 Å². The lowest BCUT2D eigenvalue weighted by Crippen LogP contribution is -2.62. The van der Waals surface area contributed by atoms with Gasteiger partial charge in [-0.05, 0) is 56.0 Å². The van der Waals surface area contributed by atoms with E-state index in [1.807, 2.05) is 6.08 Å². The molecule has 6 nitrogen and oxygen atoms in total. The predicted octanol–water partition coefficient (Wildman–Crippen LogP) is 7.53. The molecule has 13 heteroatoms. The number of para-hydroxylation sites is 1. The Hall–Kier alpha value is -3.25. The number of alkyl halides is 6. The Morgan fingerprint density at radius 1 is 1.00 bits per heavy atom. The summed E-state index contributed by atoms with van der Waals surface area (Å²) in [5.41, 5.74) is -5.10. The number of nitrogens with zero attached hydrogens (tertiary/aromatic N) is 3. The van der Waals surface area contributed by atoms with Crippen molar-refractivity contribution in [2.45, 2.75) is 63.2 Å². The lowest BCUT2D eigenvalue weighted by molar-refractivity contribution is -0.338. The summed E-state index contributed by atoms with van der Waals surface area (Å²) in [7, 11) is 0. The molecule has 1 unspecified atom stereocenters. The van der Waals surface area contributed by atoms with Gasteiger partial charge in [-0.2, -0.15) is 31.4 Å². The summed E-state index contributed by atoms with van der Waals surface area (Å²) in [6, 6.07) is 11.4. The molecular formula is C28H28ClF6N3O3. The van der Waals surface area contributed by atoms with Crippen LogP contribution in [0.3, 0.4) is 0 Å². The van der Waals surface area contributed by atoms with Crippen molar-refractivity contribution in [2.75, 3.05) is 18.1 Å². The summed E-state index contributed by atoms with van der Waals surface area (Å²) in [6.45, 7) is 6.05. The maximum Gasteiger partial charge on any atom is 0.431 e. The van der Waals surface area contributed by atoms with Gasteiger partial charge < -0.3 is 14.7 Å². The van der Waals surface area contributed by atoms with Crippen molar-refractivity contribution >= 4 is 34.7 Å². The number of aliphatic hydroxyl groups is 1. The van der Waals surface area contributed by atoms with Crippen molar-refractivity contribution in [3.63, 3.8) is 0 Å². The Kier molecular flexibility index (Phi) is 8.14. The molecule has 0 radical (unpaired) electrons. The largest absolute Gasteiger partial charge is 0.444 e. The van der Waals surface area contributed by atoms with Crippen molar-refractivity contribution in [2.24, 2.45) is 5.10 Å². The van der Waals surface area contributed by atoms with Crippen LogP contribution in [0.1, 0.15) is 50.8 Å². The number of hydrogen-bond donors (Lipinski definition) is 1. The van der Waals surface area contributed by atoms with E-state index >= 15 is 0 Å². The van der Waals surface area contributed by atoms with E-state index in [1.54, 1.807) is 56.0 Å². The van der Waals surface area contributed by atoms with Gasteiger partial charge in [0, 0.05) is 19.5 Å². The number of benzene rings is 2. The molecule has 1 amide bonds. The van der Waals surface area contributed by atoms with Crippen LogP contribution in [0.25, 0.3) is 5.57 Å². The Morgan fingerprint density at radius 3 is 2.12 bits per heavy atom. The van der Waals surface area contributed by atoms with Gasteiger partial charge in [-0.15, -0.1) is 0 Å². The molecule has 0 aromatic heterocycles. The van der Waals surface area contributed by atoms with Crippen LogP contribution in [-0.4, -0.2) is 58.5 Å². The first-order chi connectivity index (χ1) is 18.9. The Morgan fingerprint density at radius 2 is 1.61 bits per heavy atom. The minimum Gasteiger partial charge on any atom is -0.444 e. The molecule has 0 bridgehead atoms. The molecule has 0 spiro atoms. The number of hydrogen-bond acceptors (Lipinski definition) is 5. The van der Waals surface area contributed by atoms with Gasteiger partial charge >= 0.3 is 18.4 Å². The van der Waals surface area contributed by atoms with Crippen LogP contribution in [-0.2, 0) is 4.74 Å². The minimum atomic E-state index is -6.06. The molecule has 0 saturated heterocycles. The first-order valence-corrected chi connectivity index (χ1v) is 13.0. The van der Waals surface area contributed by atoms with Crippen molar-refractivity contribution in [3.8, 4) is 0 Å². The molecule has 41 heavy (non-hydrogen) atoms. The highest BCUT2D eigenvalue weighted by Gasteiger charge is 2.74. The van der Waals surface area contributed by atoms with Crippen LogP contribution >= 0.6 is 11.6 Å². The van der Waals surface area contributed by atoms with E-state index < -0.39 is 47.8 Å². The quantitative estimate of drug-likeness (QED) is 0.367. The van der Waals surface area contributed by atoms with E-state index in [9.17, 15) is 36.2 Å². The van der Waals surface area contributed by atoms with Crippen LogP contribution in [0.15, 0.2) is 59.7 Å². The van der Waals surface area contributed by atoms with Crippen LogP contribution in [0.4, 0.5) is 36.8 Å². The number of anilines is 1. The molecule has 0 saturated carbocycles. The summed E-state index contributed by atoms with van der Waals surface area (Å²) in [6.07, 6.45) is -11.0. The summed E-state index contributed by atoms with van der Waals surface area (Å²) in [4.78, 5) is 13.9. The van der Waals surface area contributed by atoms with Gasteiger partial charge in [0.15, 0.2) is 0 Å². The highest BCUT2D eigenvalue weighted by Crippen LogP contribution is 2.49. The zero-order chi connectivity index (χ0) is 30.4. The zero-order valence-electron chi connectivity index (χ0n) is 22.4. The second kappa shape index (κ2) is 10.9. The lowest BCUT2D eigenvalue weighted by atomic mass is 9.89. The molecule has 2 aromatic carbocycles. The highest BCUT2D eigenvalue weighted by atomic mass is 35.5. The Balaban J connectivity index is 1.63. The average Bonchev–Trinajstić information content (AvgIpc) is 3.32. The zero-order valence-corrected chi connectivity index (χ0v) is 23.1. The monoisotopic (exact) mass is 603 g/mol. The van der Waals surface area contributed by atoms with Gasteiger partial charge in [0.25, 0.3) is 5.60 Å². The molecule has 2 aliphatic rings.